The number of halogens is 1. The third-order valence-electron chi connectivity index (χ3n) is 4.30. The average Bonchev–Trinajstić information content (AvgIpc) is 2.95. The van der Waals surface area contributed by atoms with Crippen LogP contribution in [0.25, 0.3) is 0 Å². The summed E-state index contributed by atoms with van der Waals surface area (Å²) in [5.41, 5.74) is 1.30. The molecule has 2 N–H and O–H groups in total. The Labute approximate surface area is 170 Å². The highest BCUT2D eigenvalue weighted by Gasteiger charge is 2.49. The van der Waals surface area contributed by atoms with Crippen molar-refractivity contribution >= 4 is 23.8 Å². The molecule has 3 rings (SSSR count). The number of rotatable bonds is 7. The number of carbonyl (C=O) groups is 4. The number of hydrogen-bond acceptors (Lipinski definition) is 6. The molecule has 2 aromatic rings. The molecule has 4 amide bonds. The number of ether oxygens (including phenoxy) is 2. The molecular formula is C20H18FN3O6. The van der Waals surface area contributed by atoms with Crippen LogP contribution >= 0.6 is 0 Å². The fourth-order valence-electron chi connectivity index (χ4n) is 2.75. The standard InChI is InChI=1S/C20H18FN3O6/c1-20(13-6-3-2-4-7-13)18(27)24(19(28)22-20)23-16(25)11-30-17(26)12-29-15-9-5-8-14(21)10-15/h2-10H,11-12H2,1H3,(H,22,28)(H,23,25)/t20-/m1/s1. The van der Waals surface area contributed by atoms with Crippen LogP contribution in [0.1, 0.15) is 12.5 Å². The molecule has 1 saturated heterocycles. The van der Waals surface area contributed by atoms with Crippen molar-refractivity contribution in [3.8, 4) is 5.75 Å². The fraction of sp³-hybridized carbons (Fsp3) is 0.200. The highest BCUT2D eigenvalue weighted by molar-refractivity contribution is 6.08. The second-order valence-corrected chi connectivity index (χ2v) is 6.50. The van der Waals surface area contributed by atoms with E-state index in [0.717, 1.165) is 6.07 Å². The fourth-order valence-corrected chi connectivity index (χ4v) is 2.75. The van der Waals surface area contributed by atoms with E-state index in [1.807, 2.05) is 0 Å². The molecule has 0 saturated carbocycles. The van der Waals surface area contributed by atoms with E-state index in [-0.39, 0.29) is 5.75 Å². The quantitative estimate of drug-likeness (QED) is 0.520. The number of benzene rings is 2. The first-order chi connectivity index (χ1) is 14.3. The second kappa shape index (κ2) is 8.60. The van der Waals surface area contributed by atoms with Crippen molar-refractivity contribution in [2.75, 3.05) is 13.2 Å². The molecule has 0 spiro atoms. The van der Waals surface area contributed by atoms with Gasteiger partial charge >= 0.3 is 12.0 Å². The minimum atomic E-state index is -1.35. The highest BCUT2D eigenvalue weighted by atomic mass is 19.1. The van der Waals surface area contributed by atoms with E-state index in [9.17, 15) is 23.6 Å². The maximum absolute atomic E-state index is 13.1. The summed E-state index contributed by atoms with van der Waals surface area (Å²) in [6.45, 7) is 0.217. The van der Waals surface area contributed by atoms with Crippen LogP contribution < -0.4 is 15.5 Å². The lowest BCUT2D eigenvalue weighted by molar-refractivity contribution is -0.152. The first-order valence-electron chi connectivity index (χ1n) is 8.85. The SMILES string of the molecule is C[C@]1(c2ccccc2)NC(=O)N(NC(=O)COC(=O)COc2cccc(F)c2)C1=O. The molecule has 1 aliphatic heterocycles. The van der Waals surface area contributed by atoms with E-state index in [0.29, 0.717) is 10.6 Å². The molecule has 1 fully saturated rings. The second-order valence-electron chi connectivity index (χ2n) is 6.50. The van der Waals surface area contributed by atoms with E-state index < -0.39 is 48.4 Å². The number of hydrogen-bond donors (Lipinski definition) is 2. The number of imide groups is 1. The summed E-state index contributed by atoms with van der Waals surface area (Å²) >= 11 is 0. The topological polar surface area (TPSA) is 114 Å². The summed E-state index contributed by atoms with van der Waals surface area (Å²) < 4.78 is 22.8. The molecule has 10 heteroatoms. The molecule has 9 nitrogen and oxygen atoms in total. The Morgan fingerprint density at radius 2 is 1.83 bits per heavy atom. The molecule has 0 radical (unpaired) electrons. The van der Waals surface area contributed by atoms with Gasteiger partial charge < -0.3 is 14.8 Å². The molecule has 2 aromatic carbocycles. The first-order valence-corrected chi connectivity index (χ1v) is 8.85. The summed E-state index contributed by atoms with van der Waals surface area (Å²) in [6.07, 6.45) is 0. The molecular weight excluding hydrogens is 397 g/mol. The smallest absolute Gasteiger partial charge is 0.344 e. The Hall–Kier alpha value is -3.95. The van der Waals surface area contributed by atoms with Crippen LogP contribution in [-0.2, 0) is 24.7 Å². The summed E-state index contributed by atoms with van der Waals surface area (Å²) in [6, 6.07) is 12.9. The zero-order chi connectivity index (χ0) is 21.7. The Balaban J connectivity index is 1.50. The van der Waals surface area contributed by atoms with Crippen molar-refractivity contribution in [2.45, 2.75) is 12.5 Å². The molecule has 0 aliphatic carbocycles. The van der Waals surface area contributed by atoms with Gasteiger partial charge in [0.15, 0.2) is 13.2 Å². The lowest BCUT2D eigenvalue weighted by atomic mass is 9.92. The molecule has 156 valence electrons. The molecule has 0 unspecified atom stereocenters. The zero-order valence-electron chi connectivity index (χ0n) is 15.9. The van der Waals surface area contributed by atoms with Gasteiger partial charge in [0.2, 0.25) is 0 Å². The number of amides is 4. The molecule has 30 heavy (non-hydrogen) atoms. The van der Waals surface area contributed by atoms with E-state index in [4.69, 9.17) is 9.47 Å². The number of esters is 1. The van der Waals surface area contributed by atoms with Crippen LogP contribution in [0.2, 0.25) is 0 Å². The molecule has 1 atom stereocenters. The lowest BCUT2D eigenvalue weighted by Gasteiger charge is -2.22. The Morgan fingerprint density at radius 3 is 2.53 bits per heavy atom. The van der Waals surface area contributed by atoms with E-state index in [2.05, 4.69) is 10.7 Å². The number of nitrogens with one attached hydrogen (secondary N) is 2. The van der Waals surface area contributed by atoms with Crippen LogP contribution in [0.4, 0.5) is 9.18 Å². The lowest BCUT2D eigenvalue weighted by Crippen LogP contribution is -2.49. The molecule has 1 heterocycles. The average molecular weight is 415 g/mol. The third kappa shape index (κ3) is 4.54. The Kier molecular flexibility index (Phi) is 5.95. The van der Waals surface area contributed by atoms with Gasteiger partial charge in [-0.25, -0.2) is 14.0 Å². The predicted octanol–water partition coefficient (Wildman–Crippen LogP) is 1.25. The van der Waals surface area contributed by atoms with Crippen LogP contribution in [0.3, 0.4) is 0 Å². The van der Waals surface area contributed by atoms with Crippen LogP contribution in [-0.4, -0.2) is 42.0 Å². The van der Waals surface area contributed by atoms with Crippen molar-refractivity contribution in [3.63, 3.8) is 0 Å². The van der Waals surface area contributed by atoms with Gasteiger partial charge in [0.25, 0.3) is 11.8 Å². The van der Waals surface area contributed by atoms with Crippen LogP contribution in [0, 0.1) is 5.82 Å². The number of carbonyl (C=O) groups excluding carboxylic acids is 4. The summed E-state index contributed by atoms with van der Waals surface area (Å²) in [5.74, 6) is -2.88. The van der Waals surface area contributed by atoms with Crippen molar-refractivity contribution in [1.29, 1.82) is 0 Å². The highest BCUT2D eigenvalue weighted by Crippen LogP contribution is 2.27. The van der Waals surface area contributed by atoms with Crippen LogP contribution in [0.5, 0.6) is 5.75 Å². The van der Waals surface area contributed by atoms with Crippen molar-refractivity contribution in [3.05, 3.63) is 66.0 Å². The van der Waals surface area contributed by atoms with Gasteiger partial charge in [-0.05, 0) is 24.6 Å². The third-order valence-corrected chi connectivity index (χ3v) is 4.30. The number of hydrazine groups is 1. The molecule has 1 aliphatic rings. The van der Waals surface area contributed by atoms with Gasteiger partial charge in [-0.1, -0.05) is 36.4 Å². The summed E-state index contributed by atoms with van der Waals surface area (Å²) in [7, 11) is 0. The van der Waals surface area contributed by atoms with Gasteiger partial charge in [-0.3, -0.25) is 15.0 Å². The van der Waals surface area contributed by atoms with Gasteiger partial charge in [0.1, 0.15) is 17.1 Å². The Bertz CT molecular complexity index is 984. The normalized spacial score (nSPS) is 18.0. The summed E-state index contributed by atoms with van der Waals surface area (Å²) in [4.78, 5) is 48.5. The van der Waals surface area contributed by atoms with Gasteiger partial charge in [-0.15, -0.1) is 0 Å². The minimum Gasteiger partial charge on any atom is -0.482 e. The predicted molar refractivity (Wildman–Crippen MR) is 100 cm³/mol. The maximum Gasteiger partial charge on any atom is 0.344 e. The monoisotopic (exact) mass is 415 g/mol. The maximum atomic E-state index is 13.1. The largest absolute Gasteiger partial charge is 0.482 e. The van der Waals surface area contributed by atoms with Gasteiger partial charge in [-0.2, -0.15) is 5.01 Å². The summed E-state index contributed by atoms with van der Waals surface area (Å²) in [5, 5.41) is 3.06. The van der Waals surface area contributed by atoms with Crippen molar-refractivity contribution in [1.82, 2.24) is 15.8 Å². The van der Waals surface area contributed by atoms with E-state index >= 15 is 0 Å². The molecule has 0 aromatic heterocycles. The van der Waals surface area contributed by atoms with E-state index in [1.54, 1.807) is 30.3 Å². The number of urea groups is 1. The van der Waals surface area contributed by atoms with Gasteiger partial charge in [0.05, 0.1) is 0 Å². The van der Waals surface area contributed by atoms with E-state index in [1.165, 1.54) is 25.1 Å². The van der Waals surface area contributed by atoms with Crippen LogP contribution in [0.15, 0.2) is 54.6 Å². The number of nitrogens with zero attached hydrogens (tertiary/aromatic N) is 1. The molecule has 0 bridgehead atoms. The minimum absolute atomic E-state index is 0.121. The van der Waals surface area contributed by atoms with Crippen molar-refractivity contribution in [2.24, 2.45) is 0 Å². The van der Waals surface area contributed by atoms with Gasteiger partial charge in [0, 0.05) is 6.07 Å². The van der Waals surface area contributed by atoms with Crippen molar-refractivity contribution < 1.29 is 33.0 Å². The Morgan fingerprint density at radius 1 is 1.10 bits per heavy atom. The zero-order valence-corrected chi connectivity index (χ0v) is 15.9. The first kappa shape index (κ1) is 20.8.